The van der Waals surface area contributed by atoms with Gasteiger partial charge in [-0.25, -0.2) is 0 Å². The second kappa shape index (κ2) is 5.90. The highest BCUT2D eigenvalue weighted by molar-refractivity contribution is 5.42. The summed E-state index contributed by atoms with van der Waals surface area (Å²) in [6.07, 6.45) is 2.41. The molecule has 0 amide bonds. The monoisotopic (exact) mass is 281 g/mol. The maximum Gasteiger partial charge on any atom is 0.124 e. The number of benzene rings is 2. The third kappa shape index (κ3) is 2.81. The predicted octanol–water partition coefficient (Wildman–Crippen LogP) is 4.20. The largest absolute Gasteiger partial charge is 0.491 e. The van der Waals surface area contributed by atoms with Crippen LogP contribution in [0.2, 0.25) is 0 Å². The molecule has 0 aliphatic heterocycles. The second-order valence-corrected chi connectivity index (χ2v) is 6.07. The molecule has 1 aliphatic carbocycles. The van der Waals surface area contributed by atoms with E-state index < -0.39 is 0 Å². The van der Waals surface area contributed by atoms with Gasteiger partial charge in [-0.2, -0.15) is 0 Å². The fraction of sp³-hybridized carbons (Fsp3) is 0.368. The topological polar surface area (TPSA) is 35.2 Å². The first-order valence-corrected chi connectivity index (χ1v) is 7.76. The second-order valence-electron chi connectivity index (χ2n) is 6.07. The summed E-state index contributed by atoms with van der Waals surface area (Å²) in [6.45, 7) is 4.10. The molecule has 2 unspecified atom stereocenters. The van der Waals surface area contributed by atoms with Gasteiger partial charge in [-0.3, -0.25) is 0 Å². The Labute approximate surface area is 126 Å². The minimum Gasteiger partial charge on any atom is -0.491 e. The molecule has 0 heterocycles. The van der Waals surface area contributed by atoms with Gasteiger partial charge in [0.2, 0.25) is 0 Å². The standard InChI is InChI=1S/C19H23NO/c1-13(2)21-18-10-6-5-9-17(18)19(20)16-12-11-14-7-3-4-8-15(14)16/h3-10,13,16,19H,11-12,20H2,1-2H3. The van der Waals surface area contributed by atoms with Crippen molar-refractivity contribution in [2.24, 2.45) is 5.73 Å². The molecule has 2 heteroatoms. The normalized spacial score (nSPS) is 18.6. The smallest absolute Gasteiger partial charge is 0.124 e. The predicted molar refractivity (Wildman–Crippen MR) is 86.6 cm³/mol. The lowest BCUT2D eigenvalue weighted by Gasteiger charge is -2.24. The number of fused-ring (bicyclic) bond motifs is 1. The molecule has 2 nitrogen and oxygen atoms in total. The van der Waals surface area contributed by atoms with Gasteiger partial charge in [0.1, 0.15) is 5.75 Å². The van der Waals surface area contributed by atoms with Gasteiger partial charge in [0.25, 0.3) is 0 Å². The van der Waals surface area contributed by atoms with E-state index in [0.29, 0.717) is 5.92 Å². The maximum absolute atomic E-state index is 6.61. The van der Waals surface area contributed by atoms with E-state index in [0.717, 1.165) is 24.2 Å². The molecule has 1 aliphatic rings. The number of para-hydroxylation sites is 1. The zero-order valence-electron chi connectivity index (χ0n) is 12.8. The summed E-state index contributed by atoms with van der Waals surface area (Å²) in [7, 11) is 0. The molecule has 2 aromatic carbocycles. The minimum atomic E-state index is -0.0106. The molecule has 0 aromatic heterocycles. The molecule has 110 valence electrons. The van der Waals surface area contributed by atoms with Crippen molar-refractivity contribution in [3.63, 3.8) is 0 Å². The third-order valence-electron chi connectivity index (χ3n) is 4.25. The van der Waals surface area contributed by atoms with Crippen LogP contribution in [0.25, 0.3) is 0 Å². The van der Waals surface area contributed by atoms with Gasteiger partial charge < -0.3 is 10.5 Å². The minimum absolute atomic E-state index is 0.0106. The third-order valence-corrected chi connectivity index (χ3v) is 4.25. The Bertz CT molecular complexity index is 620. The number of ether oxygens (including phenoxy) is 1. The van der Waals surface area contributed by atoms with E-state index in [-0.39, 0.29) is 12.1 Å². The SMILES string of the molecule is CC(C)Oc1ccccc1C(N)C1CCc2ccccc21. The molecule has 0 saturated heterocycles. The number of hydrogen-bond acceptors (Lipinski definition) is 2. The number of hydrogen-bond donors (Lipinski definition) is 1. The summed E-state index contributed by atoms with van der Waals surface area (Å²) < 4.78 is 5.93. The Hall–Kier alpha value is -1.80. The lowest BCUT2D eigenvalue weighted by atomic mass is 9.88. The zero-order chi connectivity index (χ0) is 14.8. The van der Waals surface area contributed by atoms with Crippen molar-refractivity contribution >= 4 is 0 Å². The molecule has 0 radical (unpaired) electrons. The lowest BCUT2D eigenvalue weighted by molar-refractivity contribution is 0.238. The van der Waals surface area contributed by atoms with E-state index in [1.807, 2.05) is 32.0 Å². The Morgan fingerprint density at radius 1 is 1.05 bits per heavy atom. The Balaban J connectivity index is 1.91. The first kappa shape index (κ1) is 14.2. The van der Waals surface area contributed by atoms with Crippen LogP contribution in [0.1, 0.15) is 48.9 Å². The number of aryl methyl sites for hydroxylation is 1. The maximum atomic E-state index is 6.61. The van der Waals surface area contributed by atoms with Crippen LogP contribution in [0.4, 0.5) is 0 Å². The molecule has 0 fully saturated rings. The van der Waals surface area contributed by atoms with E-state index in [1.165, 1.54) is 11.1 Å². The average Bonchev–Trinajstić information content (AvgIpc) is 2.90. The van der Waals surface area contributed by atoms with Crippen LogP contribution in [0, 0.1) is 0 Å². The van der Waals surface area contributed by atoms with Crippen molar-refractivity contribution in [3.8, 4) is 5.75 Å². The summed E-state index contributed by atoms with van der Waals surface area (Å²) >= 11 is 0. The van der Waals surface area contributed by atoms with Crippen LogP contribution in [0.5, 0.6) is 5.75 Å². The molecule has 3 rings (SSSR count). The lowest BCUT2D eigenvalue weighted by Crippen LogP contribution is -2.20. The first-order chi connectivity index (χ1) is 10.2. The van der Waals surface area contributed by atoms with Crippen LogP contribution in [-0.2, 0) is 6.42 Å². The zero-order valence-corrected chi connectivity index (χ0v) is 12.8. The van der Waals surface area contributed by atoms with Gasteiger partial charge in [0, 0.05) is 17.5 Å². The Kier molecular flexibility index (Phi) is 3.98. The quantitative estimate of drug-likeness (QED) is 0.911. The fourth-order valence-corrected chi connectivity index (χ4v) is 3.30. The van der Waals surface area contributed by atoms with E-state index >= 15 is 0 Å². The highest BCUT2D eigenvalue weighted by Gasteiger charge is 2.29. The van der Waals surface area contributed by atoms with E-state index in [4.69, 9.17) is 10.5 Å². The van der Waals surface area contributed by atoms with Gasteiger partial charge in [0.15, 0.2) is 0 Å². The van der Waals surface area contributed by atoms with E-state index in [9.17, 15) is 0 Å². The number of nitrogens with two attached hydrogens (primary N) is 1. The van der Waals surface area contributed by atoms with Crippen molar-refractivity contribution in [1.82, 2.24) is 0 Å². The fourth-order valence-electron chi connectivity index (χ4n) is 3.30. The van der Waals surface area contributed by atoms with E-state index in [2.05, 4.69) is 30.3 Å². The van der Waals surface area contributed by atoms with Gasteiger partial charge in [-0.15, -0.1) is 0 Å². The average molecular weight is 281 g/mol. The van der Waals surface area contributed by atoms with E-state index in [1.54, 1.807) is 0 Å². The van der Waals surface area contributed by atoms with Crippen molar-refractivity contribution in [1.29, 1.82) is 0 Å². The van der Waals surface area contributed by atoms with Gasteiger partial charge >= 0.3 is 0 Å². The van der Waals surface area contributed by atoms with Gasteiger partial charge in [-0.1, -0.05) is 42.5 Å². The molecular weight excluding hydrogens is 258 g/mol. The van der Waals surface area contributed by atoms with Crippen LogP contribution >= 0.6 is 0 Å². The highest BCUT2D eigenvalue weighted by Crippen LogP contribution is 2.42. The van der Waals surface area contributed by atoms with Crippen molar-refractivity contribution in [2.45, 2.75) is 44.8 Å². The Morgan fingerprint density at radius 2 is 1.76 bits per heavy atom. The number of rotatable bonds is 4. The summed E-state index contributed by atoms with van der Waals surface area (Å²) in [4.78, 5) is 0. The summed E-state index contributed by atoms with van der Waals surface area (Å²) in [5, 5.41) is 0. The van der Waals surface area contributed by atoms with Crippen LogP contribution in [-0.4, -0.2) is 6.10 Å². The summed E-state index contributed by atoms with van der Waals surface area (Å²) in [5.41, 5.74) is 10.6. The van der Waals surface area contributed by atoms with Crippen molar-refractivity contribution in [2.75, 3.05) is 0 Å². The van der Waals surface area contributed by atoms with Gasteiger partial charge in [-0.05, 0) is 43.9 Å². The van der Waals surface area contributed by atoms with Crippen molar-refractivity contribution < 1.29 is 4.74 Å². The molecular formula is C19H23NO. The highest BCUT2D eigenvalue weighted by atomic mass is 16.5. The Morgan fingerprint density at radius 3 is 2.57 bits per heavy atom. The molecule has 0 saturated carbocycles. The summed E-state index contributed by atoms with van der Waals surface area (Å²) in [5.74, 6) is 1.31. The van der Waals surface area contributed by atoms with Crippen molar-refractivity contribution in [3.05, 3.63) is 65.2 Å². The molecule has 2 aromatic rings. The first-order valence-electron chi connectivity index (χ1n) is 7.76. The molecule has 0 bridgehead atoms. The molecule has 0 spiro atoms. The summed E-state index contributed by atoms with van der Waals surface area (Å²) in [6, 6.07) is 16.8. The molecule has 2 atom stereocenters. The van der Waals surface area contributed by atoms with Crippen LogP contribution < -0.4 is 10.5 Å². The molecule has 2 N–H and O–H groups in total. The molecule has 21 heavy (non-hydrogen) atoms. The van der Waals surface area contributed by atoms with Crippen LogP contribution in [0.15, 0.2) is 48.5 Å². The van der Waals surface area contributed by atoms with Gasteiger partial charge in [0.05, 0.1) is 6.10 Å². The van der Waals surface area contributed by atoms with Crippen LogP contribution in [0.3, 0.4) is 0 Å².